The zero-order chi connectivity index (χ0) is 19.2. The van der Waals surface area contributed by atoms with Crippen molar-refractivity contribution in [2.75, 3.05) is 0 Å². The van der Waals surface area contributed by atoms with Gasteiger partial charge < -0.3 is 14.6 Å². The highest BCUT2D eigenvalue weighted by atomic mass is 35.5. The van der Waals surface area contributed by atoms with Crippen LogP contribution in [0.1, 0.15) is 17.0 Å². The summed E-state index contributed by atoms with van der Waals surface area (Å²) in [6, 6.07) is 14.5. The summed E-state index contributed by atoms with van der Waals surface area (Å²) in [7, 11) is 0. The maximum absolute atomic E-state index is 11.4. The van der Waals surface area contributed by atoms with Crippen molar-refractivity contribution in [1.29, 1.82) is 0 Å². The number of carboxylic acids is 1. The van der Waals surface area contributed by atoms with Gasteiger partial charge in [0.2, 0.25) is 5.16 Å². The SMILES string of the molecule is Cc1nc(S/C(=C\c2ccc(OCc3ccccc3Cl)cc2)C(=O)[O-])n[nH]1. The summed E-state index contributed by atoms with van der Waals surface area (Å²) >= 11 is 7.03. The highest BCUT2D eigenvalue weighted by Gasteiger charge is 2.07. The Bertz CT molecular complexity index is 970. The molecule has 0 aliphatic heterocycles. The van der Waals surface area contributed by atoms with Gasteiger partial charge in [-0.05, 0) is 48.5 Å². The Morgan fingerprint density at radius 1 is 1.26 bits per heavy atom. The van der Waals surface area contributed by atoms with Crippen LogP contribution in [0.3, 0.4) is 0 Å². The number of nitrogens with one attached hydrogen (secondary N) is 1. The first kappa shape index (κ1) is 19.0. The molecule has 0 saturated heterocycles. The molecule has 0 spiro atoms. The zero-order valence-electron chi connectivity index (χ0n) is 14.3. The van der Waals surface area contributed by atoms with E-state index in [1.807, 2.05) is 24.3 Å². The molecule has 27 heavy (non-hydrogen) atoms. The Morgan fingerprint density at radius 2 is 2.00 bits per heavy atom. The normalized spacial score (nSPS) is 11.4. The van der Waals surface area contributed by atoms with Gasteiger partial charge in [0.05, 0.1) is 5.97 Å². The molecular formula is C19H15ClN3O3S-. The lowest BCUT2D eigenvalue weighted by Gasteiger charge is -2.09. The fraction of sp³-hybridized carbons (Fsp3) is 0.105. The summed E-state index contributed by atoms with van der Waals surface area (Å²) in [4.78, 5) is 15.5. The van der Waals surface area contributed by atoms with Crippen molar-refractivity contribution in [2.45, 2.75) is 18.7 Å². The van der Waals surface area contributed by atoms with E-state index in [1.165, 1.54) is 6.08 Å². The molecule has 0 amide bonds. The predicted octanol–water partition coefficient (Wildman–Crippen LogP) is 3.23. The highest BCUT2D eigenvalue weighted by Crippen LogP contribution is 2.26. The molecule has 2 aromatic carbocycles. The molecule has 1 aromatic heterocycles. The summed E-state index contributed by atoms with van der Waals surface area (Å²) in [5.74, 6) is -0.0315. The molecule has 0 unspecified atom stereocenters. The minimum Gasteiger partial charge on any atom is -0.544 e. The number of aliphatic carboxylic acids is 1. The third kappa shape index (κ3) is 5.35. The van der Waals surface area contributed by atoms with Gasteiger partial charge >= 0.3 is 0 Å². The standard InChI is InChI=1S/C19H16ClN3O3S/c1-12-21-19(23-22-12)27-17(18(24)25)10-13-6-8-15(9-7-13)26-11-14-4-2-3-5-16(14)20/h2-10H,11H2,1H3,(H,24,25)(H,21,22,23)/p-1/b17-10-. The van der Waals surface area contributed by atoms with Gasteiger partial charge in [0.15, 0.2) is 0 Å². The lowest BCUT2D eigenvalue weighted by Crippen LogP contribution is -2.23. The van der Waals surface area contributed by atoms with Gasteiger partial charge in [-0.2, -0.15) is 0 Å². The highest BCUT2D eigenvalue weighted by molar-refractivity contribution is 8.04. The molecule has 0 bridgehead atoms. The average molecular weight is 401 g/mol. The van der Waals surface area contributed by atoms with Gasteiger partial charge in [-0.15, -0.1) is 5.10 Å². The van der Waals surface area contributed by atoms with Crippen LogP contribution in [-0.4, -0.2) is 21.2 Å². The van der Waals surface area contributed by atoms with Gasteiger partial charge in [0, 0.05) is 15.5 Å². The van der Waals surface area contributed by atoms with E-state index < -0.39 is 5.97 Å². The van der Waals surface area contributed by atoms with Crippen molar-refractivity contribution < 1.29 is 14.6 Å². The number of carbonyl (C=O) groups is 1. The quantitative estimate of drug-likeness (QED) is 0.483. The fourth-order valence-corrected chi connectivity index (χ4v) is 3.12. The lowest BCUT2D eigenvalue weighted by atomic mass is 10.2. The van der Waals surface area contributed by atoms with E-state index in [-0.39, 0.29) is 4.91 Å². The summed E-state index contributed by atoms with van der Waals surface area (Å²) in [5.41, 5.74) is 1.58. The molecule has 0 radical (unpaired) electrons. The van der Waals surface area contributed by atoms with Crippen LogP contribution in [0.2, 0.25) is 5.02 Å². The van der Waals surface area contributed by atoms with Crippen molar-refractivity contribution >= 4 is 35.4 Å². The number of nitrogens with zero attached hydrogens (tertiary/aromatic N) is 2. The minimum atomic E-state index is -1.29. The largest absolute Gasteiger partial charge is 0.544 e. The number of aromatic amines is 1. The molecule has 0 fully saturated rings. The van der Waals surface area contributed by atoms with Gasteiger partial charge in [-0.25, -0.2) is 4.98 Å². The van der Waals surface area contributed by atoms with Crippen LogP contribution in [0.4, 0.5) is 0 Å². The number of aromatic nitrogens is 3. The topological polar surface area (TPSA) is 90.9 Å². The van der Waals surface area contributed by atoms with E-state index >= 15 is 0 Å². The number of benzene rings is 2. The third-order valence-electron chi connectivity index (χ3n) is 3.51. The predicted molar refractivity (Wildman–Crippen MR) is 102 cm³/mol. The first-order chi connectivity index (χ1) is 13.0. The maximum atomic E-state index is 11.4. The molecule has 6 nitrogen and oxygen atoms in total. The second kappa shape index (κ2) is 8.75. The Hall–Kier alpha value is -2.77. The number of hydrogen-bond acceptors (Lipinski definition) is 6. The van der Waals surface area contributed by atoms with Crippen LogP contribution < -0.4 is 9.84 Å². The second-order valence-electron chi connectivity index (χ2n) is 5.55. The van der Waals surface area contributed by atoms with Crippen LogP contribution in [0.25, 0.3) is 6.08 Å². The maximum Gasteiger partial charge on any atom is 0.213 e. The van der Waals surface area contributed by atoms with Crippen LogP contribution in [-0.2, 0) is 11.4 Å². The molecule has 0 atom stereocenters. The van der Waals surface area contributed by atoms with E-state index in [0.29, 0.717) is 33.9 Å². The summed E-state index contributed by atoms with van der Waals surface area (Å²) in [6.07, 6.45) is 1.50. The molecule has 1 heterocycles. The van der Waals surface area contributed by atoms with Crippen LogP contribution >= 0.6 is 23.4 Å². The Balaban J connectivity index is 1.68. The molecule has 3 aromatic rings. The fourth-order valence-electron chi connectivity index (χ4n) is 2.18. The second-order valence-corrected chi connectivity index (χ2v) is 6.97. The number of H-pyrrole nitrogens is 1. The van der Waals surface area contributed by atoms with Crippen molar-refractivity contribution in [3.05, 3.63) is 75.4 Å². The van der Waals surface area contributed by atoms with Crippen molar-refractivity contribution in [3.8, 4) is 5.75 Å². The number of thioether (sulfide) groups is 1. The van der Waals surface area contributed by atoms with Gasteiger partial charge in [0.25, 0.3) is 0 Å². The number of aryl methyl sites for hydroxylation is 1. The van der Waals surface area contributed by atoms with E-state index in [4.69, 9.17) is 16.3 Å². The number of rotatable bonds is 7. The summed E-state index contributed by atoms with van der Waals surface area (Å²) < 4.78 is 5.72. The summed E-state index contributed by atoms with van der Waals surface area (Å²) in [6.45, 7) is 2.08. The summed E-state index contributed by atoms with van der Waals surface area (Å²) in [5, 5.41) is 18.9. The Labute approximate surface area is 165 Å². The van der Waals surface area contributed by atoms with Crippen molar-refractivity contribution in [3.63, 3.8) is 0 Å². The monoisotopic (exact) mass is 400 g/mol. The molecule has 3 rings (SSSR count). The number of halogens is 1. The van der Waals surface area contributed by atoms with Crippen LogP contribution in [0.15, 0.2) is 58.6 Å². The molecule has 0 aliphatic rings. The molecular weight excluding hydrogens is 386 g/mol. The lowest BCUT2D eigenvalue weighted by molar-refractivity contribution is -0.297. The number of carbonyl (C=O) groups excluding carboxylic acids is 1. The van der Waals surface area contributed by atoms with Gasteiger partial charge in [-0.3, -0.25) is 5.10 Å². The number of hydrogen-bond donors (Lipinski definition) is 1. The minimum absolute atomic E-state index is 0.0127. The number of ether oxygens (including phenoxy) is 1. The van der Waals surface area contributed by atoms with E-state index in [2.05, 4.69) is 15.2 Å². The first-order valence-corrected chi connectivity index (χ1v) is 9.17. The van der Waals surface area contributed by atoms with Gasteiger partial charge in [-0.1, -0.05) is 41.9 Å². The molecule has 1 N–H and O–H groups in total. The molecule has 0 saturated carbocycles. The zero-order valence-corrected chi connectivity index (χ0v) is 15.9. The van der Waals surface area contributed by atoms with E-state index in [1.54, 1.807) is 31.2 Å². The van der Waals surface area contributed by atoms with E-state index in [0.717, 1.165) is 17.3 Å². The smallest absolute Gasteiger partial charge is 0.213 e. The van der Waals surface area contributed by atoms with E-state index in [9.17, 15) is 9.90 Å². The third-order valence-corrected chi connectivity index (χ3v) is 4.75. The first-order valence-electron chi connectivity index (χ1n) is 7.97. The van der Waals surface area contributed by atoms with Gasteiger partial charge in [0.1, 0.15) is 18.2 Å². The van der Waals surface area contributed by atoms with Crippen LogP contribution in [0, 0.1) is 6.92 Å². The Morgan fingerprint density at radius 3 is 2.63 bits per heavy atom. The Kier molecular flexibility index (Phi) is 6.16. The number of carboxylic acid groups (broad SMARTS) is 1. The molecule has 138 valence electrons. The average Bonchev–Trinajstić information content (AvgIpc) is 3.06. The molecule has 0 aliphatic carbocycles. The van der Waals surface area contributed by atoms with Crippen LogP contribution in [0.5, 0.6) is 5.75 Å². The molecule has 8 heteroatoms. The van der Waals surface area contributed by atoms with Crippen molar-refractivity contribution in [1.82, 2.24) is 15.2 Å². The van der Waals surface area contributed by atoms with Crippen molar-refractivity contribution in [2.24, 2.45) is 0 Å².